The number of hydrogen-bond donors (Lipinski definition) is 0. The van der Waals surface area contributed by atoms with Gasteiger partial charge in [0.25, 0.3) is 0 Å². The third-order valence-corrected chi connectivity index (χ3v) is 3.44. The van der Waals surface area contributed by atoms with Crippen molar-refractivity contribution < 1.29 is 0 Å². The van der Waals surface area contributed by atoms with Gasteiger partial charge in [0.15, 0.2) is 0 Å². The molecule has 17 heavy (non-hydrogen) atoms. The molecule has 0 saturated carbocycles. The second-order valence-electron chi connectivity index (χ2n) is 4.24. The highest BCUT2D eigenvalue weighted by Gasteiger charge is 2.08. The number of aryl methyl sites for hydroxylation is 2. The molecule has 86 valence electrons. The summed E-state index contributed by atoms with van der Waals surface area (Å²) in [7, 11) is 2.09. The lowest BCUT2D eigenvalue weighted by Gasteiger charge is -2.00. The van der Waals surface area contributed by atoms with E-state index in [1.54, 1.807) is 0 Å². The molecule has 1 aromatic carbocycles. The Bertz CT molecular complexity index is 685. The maximum Gasteiger partial charge on any atom is 0.0519 e. The maximum atomic E-state index is 5.79. The normalized spacial score (nSPS) is 11.4. The molecule has 0 fully saturated rings. The largest absolute Gasteiger partial charge is 0.344 e. The number of hydrogen-bond acceptors (Lipinski definition) is 1. The number of benzene rings is 1. The minimum Gasteiger partial charge on any atom is -0.344 e. The number of rotatable bonds is 2. The third kappa shape index (κ3) is 1.60. The Hall–Kier alpha value is -1.54. The lowest BCUT2D eigenvalue weighted by atomic mass is 10.1. The Morgan fingerprint density at radius 3 is 2.82 bits per heavy atom. The van der Waals surface area contributed by atoms with Crippen LogP contribution in [0.25, 0.3) is 21.8 Å². The monoisotopic (exact) mass is 244 g/mol. The van der Waals surface area contributed by atoms with E-state index in [1.807, 2.05) is 12.4 Å². The standard InChI is InChI=1S/C14H13ClN2/c1-17-13-3-2-10(4-6-15)8-11(13)12-9-16-7-5-14(12)17/h2-3,5,7-9H,4,6H2,1H3. The highest BCUT2D eigenvalue weighted by molar-refractivity contribution is 6.18. The molecule has 2 aromatic heterocycles. The lowest BCUT2D eigenvalue weighted by molar-refractivity contribution is 1.01. The molecule has 2 heterocycles. The molecule has 0 atom stereocenters. The van der Waals surface area contributed by atoms with E-state index in [2.05, 4.69) is 40.9 Å². The Morgan fingerprint density at radius 1 is 1.18 bits per heavy atom. The molecule has 3 rings (SSSR count). The van der Waals surface area contributed by atoms with Crippen LogP contribution in [-0.2, 0) is 13.5 Å². The van der Waals surface area contributed by atoms with Gasteiger partial charge in [-0.05, 0) is 30.2 Å². The van der Waals surface area contributed by atoms with E-state index in [0.717, 1.165) is 6.42 Å². The van der Waals surface area contributed by atoms with Crippen molar-refractivity contribution in [3.05, 3.63) is 42.2 Å². The molecule has 3 aromatic rings. The van der Waals surface area contributed by atoms with Crippen molar-refractivity contribution in [2.75, 3.05) is 5.88 Å². The van der Waals surface area contributed by atoms with Crippen LogP contribution in [0.5, 0.6) is 0 Å². The second-order valence-corrected chi connectivity index (χ2v) is 4.62. The van der Waals surface area contributed by atoms with E-state index >= 15 is 0 Å². The van der Waals surface area contributed by atoms with Crippen molar-refractivity contribution in [2.24, 2.45) is 7.05 Å². The molecule has 0 bridgehead atoms. The van der Waals surface area contributed by atoms with Crippen LogP contribution >= 0.6 is 11.6 Å². The molecule has 3 heteroatoms. The van der Waals surface area contributed by atoms with Crippen LogP contribution in [0.4, 0.5) is 0 Å². The van der Waals surface area contributed by atoms with Crippen molar-refractivity contribution in [2.45, 2.75) is 6.42 Å². The number of aromatic nitrogens is 2. The van der Waals surface area contributed by atoms with Crippen LogP contribution in [0.2, 0.25) is 0 Å². The fourth-order valence-electron chi connectivity index (χ4n) is 2.37. The fourth-order valence-corrected chi connectivity index (χ4v) is 2.59. The van der Waals surface area contributed by atoms with E-state index in [9.17, 15) is 0 Å². The highest BCUT2D eigenvalue weighted by Crippen LogP contribution is 2.28. The molecule has 2 nitrogen and oxygen atoms in total. The predicted octanol–water partition coefficient (Wildman–Crippen LogP) is 3.51. The van der Waals surface area contributed by atoms with E-state index in [4.69, 9.17) is 11.6 Å². The SMILES string of the molecule is Cn1c2ccncc2c2cc(CCCl)ccc21. The van der Waals surface area contributed by atoms with Crippen LogP contribution in [0.1, 0.15) is 5.56 Å². The van der Waals surface area contributed by atoms with Crippen LogP contribution in [0.15, 0.2) is 36.7 Å². The van der Waals surface area contributed by atoms with E-state index in [-0.39, 0.29) is 0 Å². The Morgan fingerprint density at radius 2 is 2.00 bits per heavy atom. The maximum absolute atomic E-state index is 5.79. The first-order chi connectivity index (χ1) is 8.31. The zero-order chi connectivity index (χ0) is 11.8. The summed E-state index contributed by atoms with van der Waals surface area (Å²) in [6.07, 6.45) is 4.68. The van der Waals surface area contributed by atoms with Gasteiger partial charge in [-0.3, -0.25) is 4.98 Å². The summed E-state index contributed by atoms with van der Waals surface area (Å²) in [4.78, 5) is 4.21. The van der Waals surface area contributed by atoms with Gasteiger partial charge in [0, 0.05) is 41.6 Å². The van der Waals surface area contributed by atoms with Crippen LogP contribution in [0.3, 0.4) is 0 Å². The second kappa shape index (κ2) is 4.04. The summed E-state index contributed by atoms with van der Waals surface area (Å²) in [6.45, 7) is 0. The molecule has 0 saturated heterocycles. The zero-order valence-corrected chi connectivity index (χ0v) is 10.4. The number of nitrogens with zero attached hydrogens (tertiary/aromatic N) is 2. The van der Waals surface area contributed by atoms with Crippen molar-refractivity contribution in [3.8, 4) is 0 Å². The number of alkyl halides is 1. The molecule has 0 aliphatic rings. The quantitative estimate of drug-likeness (QED) is 0.631. The third-order valence-electron chi connectivity index (χ3n) is 3.26. The summed E-state index contributed by atoms with van der Waals surface area (Å²) >= 11 is 5.79. The van der Waals surface area contributed by atoms with Crippen molar-refractivity contribution >= 4 is 33.4 Å². The van der Waals surface area contributed by atoms with E-state index < -0.39 is 0 Å². The molecule has 0 amide bonds. The molecular weight excluding hydrogens is 232 g/mol. The first-order valence-electron chi connectivity index (χ1n) is 5.68. The first-order valence-corrected chi connectivity index (χ1v) is 6.21. The summed E-state index contributed by atoms with van der Waals surface area (Å²) in [5, 5.41) is 2.47. The minimum atomic E-state index is 0.661. The summed E-state index contributed by atoms with van der Waals surface area (Å²) < 4.78 is 2.21. The van der Waals surface area contributed by atoms with Gasteiger partial charge < -0.3 is 4.57 Å². The zero-order valence-electron chi connectivity index (χ0n) is 9.65. The number of halogens is 1. The van der Waals surface area contributed by atoms with Gasteiger partial charge in [0.2, 0.25) is 0 Å². The number of fused-ring (bicyclic) bond motifs is 3. The molecule has 0 spiro atoms. The summed E-state index contributed by atoms with van der Waals surface area (Å²) in [6, 6.07) is 8.59. The van der Waals surface area contributed by atoms with E-state index in [0.29, 0.717) is 5.88 Å². The Balaban J connectivity index is 2.38. The topological polar surface area (TPSA) is 17.8 Å². The van der Waals surface area contributed by atoms with E-state index in [1.165, 1.54) is 27.4 Å². The molecule has 0 radical (unpaired) electrons. The average Bonchev–Trinajstić information content (AvgIpc) is 2.65. The van der Waals surface area contributed by atoms with Crippen molar-refractivity contribution in [1.82, 2.24) is 9.55 Å². The smallest absolute Gasteiger partial charge is 0.0519 e. The minimum absolute atomic E-state index is 0.661. The van der Waals surface area contributed by atoms with Gasteiger partial charge in [0.05, 0.1) is 5.52 Å². The van der Waals surface area contributed by atoms with Gasteiger partial charge in [0.1, 0.15) is 0 Å². The van der Waals surface area contributed by atoms with Gasteiger partial charge in [-0.2, -0.15) is 0 Å². The average molecular weight is 245 g/mol. The molecular formula is C14H13ClN2. The highest BCUT2D eigenvalue weighted by atomic mass is 35.5. The predicted molar refractivity (Wildman–Crippen MR) is 72.6 cm³/mol. The summed E-state index contributed by atoms with van der Waals surface area (Å²) in [5.41, 5.74) is 3.74. The van der Waals surface area contributed by atoms with Crippen LogP contribution in [-0.4, -0.2) is 15.4 Å². The Kier molecular flexibility index (Phi) is 2.52. The van der Waals surface area contributed by atoms with Crippen molar-refractivity contribution in [3.63, 3.8) is 0 Å². The fraction of sp³-hybridized carbons (Fsp3) is 0.214. The number of pyridine rings is 1. The first kappa shape index (κ1) is 10.6. The summed E-state index contributed by atoms with van der Waals surface area (Å²) in [5.74, 6) is 0.661. The van der Waals surface area contributed by atoms with Crippen LogP contribution < -0.4 is 0 Å². The molecule has 0 aliphatic heterocycles. The van der Waals surface area contributed by atoms with Gasteiger partial charge in [-0.1, -0.05) is 6.07 Å². The lowest BCUT2D eigenvalue weighted by Crippen LogP contribution is -1.88. The van der Waals surface area contributed by atoms with Gasteiger partial charge in [-0.15, -0.1) is 11.6 Å². The van der Waals surface area contributed by atoms with Gasteiger partial charge >= 0.3 is 0 Å². The molecule has 0 N–H and O–H groups in total. The molecule has 0 aliphatic carbocycles. The Labute approximate surface area is 105 Å². The molecule has 0 unspecified atom stereocenters. The van der Waals surface area contributed by atoms with Crippen molar-refractivity contribution in [1.29, 1.82) is 0 Å². The van der Waals surface area contributed by atoms with Crippen LogP contribution in [0, 0.1) is 0 Å². The van der Waals surface area contributed by atoms with Gasteiger partial charge in [-0.25, -0.2) is 0 Å².